The van der Waals surface area contributed by atoms with Gasteiger partial charge in [-0.25, -0.2) is 9.79 Å². The van der Waals surface area contributed by atoms with Crippen LogP contribution in [-0.2, 0) is 23.9 Å². The maximum atomic E-state index is 13.5. The smallest absolute Gasteiger partial charge is 0.338 e. The van der Waals surface area contributed by atoms with Crippen LogP contribution in [0.5, 0.6) is 0 Å². The molecule has 1 aromatic carbocycles. The van der Waals surface area contributed by atoms with Crippen molar-refractivity contribution in [1.29, 1.82) is 0 Å². The standard InChI is InChI=1S/C29H35N3O5S/c1-6-13-37-28(35)25-20(5)30-29-32(26(25)23-14-18(3)10-11-19(23)4)22(17-38-29)15-24(33)31-12-8-9-21(16-31)27(34)36-7-2/h6,10-11,14,17,21,26H,1,7-9,12-13,15-16H2,2-5H3/t21-,26-/m0/s1. The third kappa shape index (κ3) is 5.72. The van der Waals surface area contributed by atoms with E-state index in [9.17, 15) is 14.4 Å². The number of rotatable bonds is 8. The SMILES string of the molecule is C=CCOC(=O)C1=C(C)N=C2SC=C(CC(=O)N3CCC[C@H](C(=O)OCC)C3)N2[C@H]1c1cc(C)ccc1C. The first kappa shape index (κ1) is 27.7. The number of fused-ring (bicyclic) bond motifs is 1. The molecule has 0 saturated carbocycles. The molecule has 1 fully saturated rings. The van der Waals surface area contributed by atoms with Crippen LogP contribution >= 0.6 is 11.8 Å². The molecule has 2 atom stereocenters. The number of aryl methyl sites for hydroxylation is 2. The molecule has 202 valence electrons. The van der Waals surface area contributed by atoms with E-state index in [2.05, 4.69) is 12.6 Å². The van der Waals surface area contributed by atoms with E-state index < -0.39 is 12.0 Å². The van der Waals surface area contributed by atoms with Gasteiger partial charge in [0.05, 0.1) is 36.3 Å². The van der Waals surface area contributed by atoms with E-state index in [-0.39, 0.29) is 30.8 Å². The Kier molecular flexibility index (Phi) is 8.76. The van der Waals surface area contributed by atoms with Crippen molar-refractivity contribution in [3.8, 4) is 0 Å². The molecule has 3 aliphatic rings. The lowest BCUT2D eigenvalue weighted by Gasteiger charge is -2.38. The molecule has 3 aliphatic heterocycles. The summed E-state index contributed by atoms with van der Waals surface area (Å²) in [6, 6.07) is 5.67. The number of benzene rings is 1. The van der Waals surface area contributed by atoms with Crippen molar-refractivity contribution in [2.45, 2.75) is 53.0 Å². The van der Waals surface area contributed by atoms with Crippen LogP contribution in [0.15, 0.2) is 58.2 Å². The molecule has 4 rings (SSSR count). The highest BCUT2D eigenvalue weighted by molar-refractivity contribution is 8.16. The van der Waals surface area contributed by atoms with Gasteiger partial charge < -0.3 is 19.3 Å². The summed E-state index contributed by atoms with van der Waals surface area (Å²) in [6.07, 6.45) is 3.15. The Morgan fingerprint density at radius 3 is 2.74 bits per heavy atom. The zero-order valence-corrected chi connectivity index (χ0v) is 23.3. The molecule has 1 amide bonds. The molecule has 0 N–H and O–H groups in total. The summed E-state index contributed by atoms with van der Waals surface area (Å²) in [6.45, 7) is 12.7. The molecule has 9 heteroatoms. The highest BCUT2D eigenvalue weighted by Gasteiger charge is 2.42. The van der Waals surface area contributed by atoms with Crippen LogP contribution in [0.2, 0.25) is 0 Å². The highest BCUT2D eigenvalue weighted by Crippen LogP contribution is 2.46. The van der Waals surface area contributed by atoms with Crippen molar-refractivity contribution in [3.05, 3.63) is 69.9 Å². The second-order valence-corrected chi connectivity index (χ2v) is 10.6. The van der Waals surface area contributed by atoms with Gasteiger partial charge >= 0.3 is 11.9 Å². The predicted molar refractivity (Wildman–Crippen MR) is 148 cm³/mol. The summed E-state index contributed by atoms with van der Waals surface area (Å²) >= 11 is 1.45. The van der Waals surface area contributed by atoms with Crippen LogP contribution in [0.4, 0.5) is 0 Å². The minimum Gasteiger partial charge on any atom is -0.466 e. The number of nitrogens with zero attached hydrogens (tertiary/aromatic N) is 3. The van der Waals surface area contributed by atoms with Gasteiger partial charge in [-0.15, -0.1) is 0 Å². The monoisotopic (exact) mass is 537 g/mol. The summed E-state index contributed by atoms with van der Waals surface area (Å²) in [5, 5.41) is 2.66. The minimum absolute atomic E-state index is 0.0612. The van der Waals surface area contributed by atoms with Crippen LogP contribution in [0.3, 0.4) is 0 Å². The summed E-state index contributed by atoms with van der Waals surface area (Å²) in [4.78, 5) is 47.6. The highest BCUT2D eigenvalue weighted by atomic mass is 32.2. The summed E-state index contributed by atoms with van der Waals surface area (Å²) in [5.74, 6) is -1.06. The number of esters is 2. The maximum absolute atomic E-state index is 13.5. The number of amides is 1. The van der Waals surface area contributed by atoms with E-state index in [4.69, 9.17) is 14.5 Å². The third-order valence-corrected chi connectivity index (χ3v) is 7.90. The van der Waals surface area contributed by atoms with Crippen molar-refractivity contribution < 1.29 is 23.9 Å². The fourth-order valence-corrected chi connectivity index (χ4v) is 6.08. The van der Waals surface area contributed by atoms with Crippen LogP contribution < -0.4 is 0 Å². The van der Waals surface area contributed by atoms with Crippen LogP contribution in [-0.4, -0.2) is 59.1 Å². The van der Waals surface area contributed by atoms with Crippen molar-refractivity contribution >= 4 is 34.8 Å². The van der Waals surface area contributed by atoms with Crippen LogP contribution in [0.25, 0.3) is 0 Å². The lowest BCUT2D eigenvalue weighted by atomic mass is 9.90. The summed E-state index contributed by atoms with van der Waals surface area (Å²) in [5.41, 5.74) is 4.87. The van der Waals surface area contributed by atoms with Gasteiger partial charge in [-0.1, -0.05) is 48.2 Å². The van der Waals surface area contributed by atoms with Gasteiger partial charge in [0.15, 0.2) is 5.17 Å². The number of piperidine rings is 1. The molecular formula is C29H35N3O5S. The first-order valence-electron chi connectivity index (χ1n) is 13.0. The second-order valence-electron chi connectivity index (χ2n) is 9.75. The fourth-order valence-electron chi connectivity index (χ4n) is 5.11. The number of amidine groups is 1. The van der Waals surface area contributed by atoms with E-state index >= 15 is 0 Å². The summed E-state index contributed by atoms with van der Waals surface area (Å²) < 4.78 is 10.7. The molecule has 0 aromatic heterocycles. The minimum atomic E-state index is -0.484. The Balaban J connectivity index is 1.64. The normalized spacial score (nSPS) is 20.9. The van der Waals surface area contributed by atoms with Crippen molar-refractivity contribution in [2.75, 3.05) is 26.3 Å². The first-order chi connectivity index (χ1) is 18.2. The number of allylic oxidation sites excluding steroid dienone is 1. The van der Waals surface area contributed by atoms with E-state index in [0.29, 0.717) is 31.0 Å². The molecule has 1 saturated heterocycles. The number of ether oxygens (including phenoxy) is 2. The average Bonchev–Trinajstić information content (AvgIpc) is 3.29. The van der Waals surface area contributed by atoms with Crippen LogP contribution in [0.1, 0.15) is 55.8 Å². The molecule has 38 heavy (non-hydrogen) atoms. The van der Waals surface area contributed by atoms with Crippen LogP contribution in [0, 0.1) is 19.8 Å². The number of aliphatic imine (C=N–C) groups is 1. The fraction of sp³-hybridized carbons (Fsp3) is 0.448. The van der Waals surface area contributed by atoms with Gasteiger partial charge in [0.1, 0.15) is 6.61 Å². The molecule has 0 unspecified atom stereocenters. The number of hydrogen-bond acceptors (Lipinski definition) is 8. The quantitative estimate of drug-likeness (QED) is 0.348. The molecule has 0 aliphatic carbocycles. The number of thioether (sulfide) groups is 1. The second kappa shape index (κ2) is 12.0. The Bertz CT molecular complexity index is 1230. The van der Waals surface area contributed by atoms with E-state index in [1.807, 2.05) is 43.2 Å². The molecule has 1 aromatic rings. The first-order valence-corrected chi connectivity index (χ1v) is 13.9. The summed E-state index contributed by atoms with van der Waals surface area (Å²) in [7, 11) is 0. The third-order valence-electron chi connectivity index (χ3n) is 7.01. The van der Waals surface area contributed by atoms with Gasteiger partial charge in [0, 0.05) is 18.8 Å². The van der Waals surface area contributed by atoms with E-state index in [1.54, 1.807) is 11.8 Å². The molecular weight excluding hydrogens is 502 g/mol. The van der Waals surface area contributed by atoms with Gasteiger partial charge in [-0.05, 0) is 57.1 Å². The average molecular weight is 538 g/mol. The number of carbonyl (C=O) groups excluding carboxylic acids is 3. The van der Waals surface area contributed by atoms with Gasteiger partial charge in [-0.2, -0.15) is 0 Å². The molecule has 0 bridgehead atoms. The topological polar surface area (TPSA) is 88.5 Å². The lowest BCUT2D eigenvalue weighted by molar-refractivity contribution is -0.151. The van der Waals surface area contributed by atoms with E-state index in [0.717, 1.165) is 40.4 Å². The molecule has 0 spiro atoms. The largest absolute Gasteiger partial charge is 0.466 e. The van der Waals surface area contributed by atoms with Crippen molar-refractivity contribution in [1.82, 2.24) is 9.80 Å². The Morgan fingerprint density at radius 1 is 1.21 bits per heavy atom. The Hall–Kier alpha value is -3.33. The van der Waals surface area contributed by atoms with E-state index in [1.165, 1.54) is 17.8 Å². The zero-order chi connectivity index (χ0) is 27.4. The number of hydrogen-bond donors (Lipinski definition) is 0. The van der Waals surface area contributed by atoms with Gasteiger partial charge in [0.2, 0.25) is 5.91 Å². The number of likely N-dealkylation sites (tertiary alicyclic amines) is 1. The van der Waals surface area contributed by atoms with Gasteiger partial charge in [-0.3, -0.25) is 9.59 Å². The Labute approximate surface area is 228 Å². The molecule has 8 nitrogen and oxygen atoms in total. The zero-order valence-electron chi connectivity index (χ0n) is 22.5. The lowest BCUT2D eigenvalue weighted by Crippen LogP contribution is -2.44. The maximum Gasteiger partial charge on any atom is 0.338 e. The van der Waals surface area contributed by atoms with Crippen molar-refractivity contribution in [3.63, 3.8) is 0 Å². The molecule has 0 radical (unpaired) electrons. The Morgan fingerprint density at radius 2 is 2.00 bits per heavy atom. The number of carbonyl (C=O) groups is 3. The van der Waals surface area contributed by atoms with Crippen molar-refractivity contribution in [2.24, 2.45) is 10.9 Å². The molecule has 3 heterocycles. The van der Waals surface area contributed by atoms with Gasteiger partial charge in [0.25, 0.3) is 0 Å². The predicted octanol–water partition coefficient (Wildman–Crippen LogP) is 4.80.